The number of hydrogen-bond donors (Lipinski definition) is 2. The number of anilines is 1. The minimum atomic E-state index is -1.35. The zero-order valence-corrected chi connectivity index (χ0v) is 13.0. The number of rotatable bonds is 4. The highest BCUT2D eigenvalue weighted by Crippen LogP contribution is 2.21. The number of nitrogens with zero attached hydrogens (tertiary/aromatic N) is 4. The number of imidazole rings is 1. The third kappa shape index (κ3) is 3.34. The lowest BCUT2D eigenvalue weighted by Gasteiger charge is -2.10. The van der Waals surface area contributed by atoms with Crippen LogP contribution in [0.1, 0.15) is 26.4 Å². The van der Waals surface area contributed by atoms with E-state index in [-0.39, 0.29) is 22.5 Å². The van der Waals surface area contributed by atoms with E-state index in [9.17, 15) is 14.0 Å². The van der Waals surface area contributed by atoms with Crippen LogP contribution in [0.3, 0.4) is 0 Å². The van der Waals surface area contributed by atoms with E-state index >= 15 is 0 Å². The van der Waals surface area contributed by atoms with Crippen molar-refractivity contribution in [3.8, 4) is 5.82 Å². The number of halogens is 1. The Morgan fingerprint density at radius 1 is 1.24 bits per heavy atom. The van der Waals surface area contributed by atoms with Crippen LogP contribution < -0.4 is 5.32 Å². The van der Waals surface area contributed by atoms with E-state index < -0.39 is 17.7 Å². The molecule has 1 aromatic carbocycles. The van der Waals surface area contributed by atoms with Crippen LogP contribution in [0.2, 0.25) is 0 Å². The summed E-state index contributed by atoms with van der Waals surface area (Å²) >= 11 is 0. The Bertz CT molecular complexity index is 939. The van der Waals surface area contributed by atoms with Gasteiger partial charge >= 0.3 is 5.97 Å². The van der Waals surface area contributed by atoms with Crippen LogP contribution >= 0.6 is 0 Å². The normalized spacial score (nSPS) is 10.5. The number of carbonyl (C=O) groups is 2. The molecule has 1 amide bonds. The molecule has 0 aliphatic rings. The lowest BCUT2D eigenvalue weighted by Crippen LogP contribution is -2.17. The molecule has 8 nitrogen and oxygen atoms in total. The quantitative estimate of drug-likeness (QED) is 0.751. The molecule has 0 saturated heterocycles. The van der Waals surface area contributed by atoms with Gasteiger partial charge in [-0.1, -0.05) is 0 Å². The largest absolute Gasteiger partial charge is 0.478 e. The molecule has 0 aliphatic heterocycles. The maximum absolute atomic E-state index is 13.6. The van der Waals surface area contributed by atoms with Crippen molar-refractivity contribution in [3.05, 3.63) is 65.6 Å². The van der Waals surface area contributed by atoms with E-state index in [2.05, 4.69) is 20.5 Å². The fourth-order valence-corrected chi connectivity index (χ4v) is 2.13. The molecule has 0 fully saturated rings. The molecule has 126 valence electrons. The lowest BCUT2D eigenvalue weighted by molar-refractivity contribution is 0.0697. The van der Waals surface area contributed by atoms with E-state index in [1.165, 1.54) is 25.4 Å². The van der Waals surface area contributed by atoms with E-state index in [1.54, 1.807) is 23.0 Å². The van der Waals surface area contributed by atoms with E-state index in [0.717, 1.165) is 6.07 Å². The summed E-state index contributed by atoms with van der Waals surface area (Å²) in [5.74, 6) is -2.20. The summed E-state index contributed by atoms with van der Waals surface area (Å²) in [6.45, 7) is 1.47. The lowest BCUT2D eigenvalue weighted by atomic mass is 10.1. The highest BCUT2D eigenvalue weighted by atomic mass is 19.1. The summed E-state index contributed by atoms with van der Waals surface area (Å²) in [6, 6.07) is 5.12. The van der Waals surface area contributed by atoms with Gasteiger partial charge in [0, 0.05) is 12.4 Å². The minimum Gasteiger partial charge on any atom is -0.478 e. The maximum Gasteiger partial charge on any atom is 0.337 e. The smallest absolute Gasteiger partial charge is 0.337 e. The van der Waals surface area contributed by atoms with Gasteiger partial charge in [0.2, 0.25) is 0 Å². The van der Waals surface area contributed by atoms with Gasteiger partial charge in [0.05, 0.1) is 11.3 Å². The first kappa shape index (κ1) is 16.2. The molecule has 3 aromatic rings. The average Bonchev–Trinajstić information content (AvgIpc) is 3.12. The molecule has 9 heteroatoms. The zero-order chi connectivity index (χ0) is 18.0. The monoisotopic (exact) mass is 341 g/mol. The van der Waals surface area contributed by atoms with Crippen molar-refractivity contribution in [1.29, 1.82) is 0 Å². The summed E-state index contributed by atoms with van der Waals surface area (Å²) in [5, 5.41) is 19.3. The number of aromatic carboxylic acids is 1. The number of hydrogen-bond acceptors (Lipinski definition) is 5. The third-order valence-corrected chi connectivity index (χ3v) is 3.43. The predicted octanol–water partition coefficient (Wildman–Crippen LogP) is 2.06. The highest BCUT2D eigenvalue weighted by molar-refractivity contribution is 6.06. The molecular formula is C16H12FN5O3. The van der Waals surface area contributed by atoms with Gasteiger partial charge in [0.25, 0.3) is 5.91 Å². The summed E-state index contributed by atoms with van der Waals surface area (Å²) < 4.78 is 15.2. The molecule has 0 saturated carbocycles. The third-order valence-electron chi connectivity index (χ3n) is 3.43. The summed E-state index contributed by atoms with van der Waals surface area (Å²) in [7, 11) is 0. The predicted molar refractivity (Wildman–Crippen MR) is 85.2 cm³/mol. The van der Waals surface area contributed by atoms with E-state index in [0.29, 0.717) is 5.82 Å². The summed E-state index contributed by atoms with van der Waals surface area (Å²) in [6.07, 6.45) is 4.78. The number of aryl methyl sites for hydroxylation is 1. The van der Waals surface area contributed by atoms with Gasteiger partial charge in [-0.25, -0.2) is 14.2 Å². The maximum atomic E-state index is 13.6. The standard InChI is InChI=1S/C16H12FN5O3/c1-9-6-13(10(16(24)25)7-11(9)17)19-15(23)12-2-3-14(21-20-12)22-5-4-18-8-22/h2-8H,1H3,(H,19,23)(H,24,25). The topological polar surface area (TPSA) is 110 Å². The van der Waals surface area contributed by atoms with Crippen molar-refractivity contribution in [2.24, 2.45) is 0 Å². The number of amides is 1. The Morgan fingerprint density at radius 3 is 2.64 bits per heavy atom. The molecule has 3 rings (SSSR count). The first-order chi connectivity index (χ1) is 12.0. The first-order valence-electron chi connectivity index (χ1n) is 7.12. The van der Waals surface area contributed by atoms with Crippen LogP contribution in [-0.4, -0.2) is 36.7 Å². The Hall–Kier alpha value is -3.62. The van der Waals surface area contributed by atoms with E-state index in [1.807, 2.05) is 0 Å². The average molecular weight is 341 g/mol. The van der Waals surface area contributed by atoms with Crippen LogP contribution in [0.4, 0.5) is 10.1 Å². The van der Waals surface area contributed by atoms with Gasteiger partial charge in [-0.15, -0.1) is 10.2 Å². The second kappa shape index (κ2) is 6.48. The Morgan fingerprint density at radius 2 is 2.04 bits per heavy atom. The van der Waals surface area contributed by atoms with Crippen LogP contribution in [-0.2, 0) is 0 Å². The van der Waals surface area contributed by atoms with Crippen LogP contribution in [0.15, 0.2) is 43.0 Å². The van der Waals surface area contributed by atoms with Gasteiger partial charge in [-0.05, 0) is 36.8 Å². The summed E-state index contributed by atoms with van der Waals surface area (Å²) in [5.41, 5.74) is -0.166. The van der Waals surface area contributed by atoms with Gasteiger partial charge in [0.15, 0.2) is 11.5 Å². The Kier molecular flexibility index (Phi) is 4.21. The molecule has 0 bridgehead atoms. The van der Waals surface area contributed by atoms with Crippen LogP contribution in [0.25, 0.3) is 5.82 Å². The second-order valence-corrected chi connectivity index (χ2v) is 5.15. The van der Waals surface area contributed by atoms with Gasteiger partial charge < -0.3 is 10.4 Å². The van der Waals surface area contributed by atoms with Crippen molar-refractivity contribution >= 4 is 17.6 Å². The molecule has 0 spiro atoms. The fraction of sp³-hybridized carbons (Fsp3) is 0.0625. The van der Waals surface area contributed by atoms with Crippen molar-refractivity contribution in [1.82, 2.24) is 19.7 Å². The molecule has 2 N–H and O–H groups in total. The van der Waals surface area contributed by atoms with Gasteiger partial charge in [-0.3, -0.25) is 9.36 Å². The summed E-state index contributed by atoms with van der Waals surface area (Å²) in [4.78, 5) is 27.4. The SMILES string of the molecule is Cc1cc(NC(=O)c2ccc(-n3ccnc3)nn2)c(C(=O)O)cc1F. The molecule has 2 aromatic heterocycles. The molecule has 0 radical (unpaired) electrons. The van der Waals surface area contributed by atoms with Crippen LogP contribution in [0.5, 0.6) is 0 Å². The second-order valence-electron chi connectivity index (χ2n) is 5.15. The molecule has 0 aliphatic carbocycles. The molecule has 0 unspecified atom stereocenters. The number of aromatic nitrogens is 4. The van der Waals surface area contributed by atoms with Crippen molar-refractivity contribution in [3.63, 3.8) is 0 Å². The van der Waals surface area contributed by atoms with Crippen molar-refractivity contribution < 1.29 is 19.1 Å². The van der Waals surface area contributed by atoms with Crippen molar-refractivity contribution in [2.75, 3.05) is 5.32 Å². The van der Waals surface area contributed by atoms with Crippen LogP contribution in [0, 0.1) is 12.7 Å². The number of benzene rings is 1. The number of carboxylic acids is 1. The van der Waals surface area contributed by atoms with Gasteiger partial charge in [-0.2, -0.15) is 0 Å². The molecular weight excluding hydrogens is 329 g/mol. The number of carbonyl (C=O) groups excluding carboxylic acids is 1. The first-order valence-corrected chi connectivity index (χ1v) is 7.12. The van der Waals surface area contributed by atoms with Crippen molar-refractivity contribution in [2.45, 2.75) is 6.92 Å². The van der Waals surface area contributed by atoms with E-state index in [4.69, 9.17) is 5.11 Å². The molecule has 0 atom stereocenters. The number of nitrogens with one attached hydrogen (secondary N) is 1. The Labute approximate surface area is 141 Å². The van der Waals surface area contributed by atoms with Gasteiger partial charge in [0.1, 0.15) is 12.1 Å². The minimum absolute atomic E-state index is 0.0119. The highest BCUT2D eigenvalue weighted by Gasteiger charge is 2.17. The number of carboxylic acid groups (broad SMARTS) is 1. The zero-order valence-electron chi connectivity index (χ0n) is 13.0. The Balaban J connectivity index is 1.85. The molecule has 25 heavy (non-hydrogen) atoms. The fourth-order valence-electron chi connectivity index (χ4n) is 2.13. The molecule has 2 heterocycles.